The van der Waals surface area contributed by atoms with E-state index in [2.05, 4.69) is 8.47 Å². The maximum atomic E-state index is 12.6. The molecule has 1 aromatic rings. The molecular formula is C14H17N3O11S2. The molecule has 1 fully saturated rings. The normalized spacial score (nSPS) is 20.9. The molecule has 2 aliphatic heterocycles. The number of benzene rings is 1. The number of nitrogens with zero attached hydrogens (tertiary/aromatic N) is 2. The highest BCUT2D eigenvalue weighted by Gasteiger charge is 2.50. The van der Waals surface area contributed by atoms with Crippen molar-refractivity contribution in [2.24, 2.45) is 5.73 Å². The highest BCUT2D eigenvalue weighted by molar-refractivity contribution is 7.81. The standard InChI is InChI=1S/C14H17N3O11S2/c15-13(18)6-11-9-2-1-8(26-3-4-27-29(20,21)22)5-10(9)12-7-16(11)14(19)17(12)28-30(23,24)25/h1-2,5,11-12H,3-4,6-7H2,(H2,15,18)(H,20,21,22)(H,23,24,25)/t11-,12-/m0/s1. The van der Waals surface area contributed by atoms with Gasteiger partial charge in [0.25, 0.3) is 0 Å². The van der Waals surface area contributed by atoms with E-state index in [-0.39, 0.29) is 25.3 Å². The highest BCUT2D eigenvalue weighted by Crippen LogP contribution is 2.46. The van der Waals surface area contributed by atoms with Crippen LogP contribution in [0.5, 0.6) is 5.75 Å². The molecule has 0 saturated carbocycles. The molecule has 0 aliphatic carbocycles. The lowest BCUT2D eigenvalue weighted by Crippen LogP contribution is -2.36. The fraction of sp³-hybridized carbons (Fsp3) is 0.429. The number of hydroxylamine groups is 2. The fourth-order valence-electron chi connectivity index (χ4n) is 3.38. The average Bonchev–Trinajstić information content (AvgIpc) is 2.87. The van der Waals surface area contributed by atoms with E-state index >= 15 is 0 Å². The molecule has 0 spiro atoms. The minimum Gasteiger partial charge on any atom is -0.491 e. The van der Waals surface area contributed by atoms with Crippen LogP contribution in [-0.2, 0) is 34.1 Å². The van der Waals surface area contributed by atoms with E-state index < -0.39 is 51.4 Å². The summed E-state index contributed by atoms with van der Waals surface area (Å²) >= 11 is 0. The molecule has 1 aromatic carbocycles. The van der Waals surface area contributed by atoms with Gasteiger partial charge in [-0.3, -0.25) is 13.9 Å². The Kier molecular flexibility index (Phi) is 5.89. The summed E-state index contributed by atoms with van der Waals surface area (Å²) in [6, 6.07) is 1.82. The van der Waals surface area contributed by atoms with Crippen LogP contribution in [0.15, 0.2) is 18.2 Å². The lowest BCUT2D eigenvalue weighted by Gasteiger charge is -2.32. The molecule has 30 heavy (non-hydrogen) atoms. The van der Waals surface area contributed by atoms with Crippen molar-refractivity contribution in [3.63, 3.8) is 0 Å². The second-order valence-electron chi connectivity index (χ2n) is 6.35. The number of rotatable bonds is 9. The maximum absolute atomic E-state index is 12.6. The van der Waals surface area contributed by atoms with E-state index in [4.69, 9.17) is 19.6 Å². The van der Waals surface area contributed by atoms with Crippen LogP contribution in [0.1, 0.15) is 29.6 Å². The second-order valence-corrected chi connectivity index (χ2v) is 8.45. The number of carbonyl (C=O) groups excluding carboxylic acids is 2. The first-order valence-electron chi connectivity index (χ1n) is 8.29. The minimum atomic E-state index is -5.01. The number of hydrogen-bond donors (Lipinski definition) is 3. The number of ether oxygens (including phenoxy) is 1. The summed E-state index contributed by atoms with van der Waals surface area (Å²) in [6.45, 7) is -0.785. The summed E-state index contributed by atoms with van der Waals surface area (Å²) < 4.78 is 74.8. The van der Waals surface area contributed by atoms with Gasteiger partial charge in [0.15, 0.2) is 0 Å². The summed E-state index contributed by atoms with van der Waals surface area (Å²) in [6.07, 6.45) is -0.242. The lowest BCUT2D eigenvalue weighted by atomic mass is 9.89. The summed E-state index contributed by atoms with van der Waals surface area (Å²) in [4.78, 5) is 25.3. The largest absolute Gasteiger partial charge is 0.491 e. The molecule has 16 heteroatoms. The van der Waals surface area contributed by atoms with E-state index in [1.165, 1.54) is 23.1 Å². The topological polar surface area (TPSA) is 203 Å². The quantitative estimate of drug-likeness (QED) is 0.307. The third kappa shape index (κ3) is 4.97. The Morgan fingerprint density at radius 2 is 1.83 bits per heavy atom. The van der Waals surface area contributed by atoms with Crippen molar-refractivity contribution in [1.82, 2.24) is 9.96 Å². The lowest BCUT2D eigenvalue weighted by molar-refractivity contribution is -0.119. The zero-order valence-electron chi connectivity index (χ0n) is 15.1. The predicted octanol–water partition coefficient (Wildman–Crippen LogP) is -0.672. The SMILES string of the molecule is NC(=O)C[C@H]1c2ccc(OCCOS(=O)(=O)O)cc2[C@@H]2CN1C(=O)N2OS(=O)(=O)O. The van der Waals surface area contributed by atoms with Gasteiger partial charge in [-0.15, -0.1) is 4.28 Å². The number of amides is 3. The number of primary amides is 1. The van der Waals surface area contributed by atoms with Gasteiger partial charge in [0.1, 0.15) is 25.0 Å². The number of nitrogens with two attached hydrogens (primary N) is 1. The van der Waals surface area contributed by atoms with Gasteiger partial charge >= 0.3 is 26.8 Å². The smallest absolute Gasteiger partial charge is 0.418 e. The van der Waals surface area contributed by atoms with E-state index in [1.54, 1.807) is 0 Å². The molecular weight excluding hydrogens is 450 g/mol. The van der Waals surface area contributed by atoms with Gasteiger partial charge in [-0.05, 0) is 23.3 Å². The Balaban J connectivity index is 1.90. The minimum absolute atomic E-state index is 0.0470. The molecule has 2 heterocycles. The van der Waals surface area contributed by atoms with E-state index in [0.29, 0.717) is 16.2 Å². The molecule has 3 amide bonds. The molecule has 0 aromatic heterocycles. The summed E-state index contributed by atoms with van der Waals surface area (Å²) in [7, 11) is -9.63. The Bertz CT molecular complexity index is 1070. The van der Waals surface area contributed by atoms with Crippen LogP contribution >= 0.6 is 0 Å². The molecule has 4 N–H and O–H groups in total. The molecule has 2 aliphatic rings. The molecule has 1 saturated heterocycles. The first-order valence-corrected chi connectivity index (χ1v) is 11.0. The van der Waals surface area contributed by atoms with Crippen LogP contribution in [0.3, 0.4) is 0 Å². The fourth-order valence-corrected chi connectivity index (χ4v) is 4.03. The van der Waals surface area contributed by atoms with Gasteiger partial charge in [0, 0.05) is 0 Å². The van der Waals surface area contributed by atoms with Crippen molar-refractivity contribution < 1.29 is 48.7 Å². The average molecular weight is 467 g/mol. The van der Waals surface area contributed by atoms with Crippen molar-refractivity contribution in [2.45, 2.75) is 18.5 Å². The zero-order chi connectivity index (χ0) is 22.3. The van der Waals surface area contributed by atoms with Crippen LogP contribution in [0.2, 0.25) is 0 Å². The van der Waals surface area contributed by atoms with E-state index in [9.17, 15) is 26.4 Å². The number of urea groups is 1. The number of hydrogen-bond acceptors (Lipinski definition) is 9. The van der Waals surface area contributed by atoms with Crippen molar-refractivity contribution in [2.75, 3.05) is 19.8 Å². The van der Waals surface area contributed by atoms with Crippen LogP contribution in [-0.4, -0.2) is 67.6 Å². The highest BCUT2D eigenvalue weighted by atomic mass is 32.3. The van der Waals surface area contributed by atoms with Crippen molar-refractivity contribution in [3.8, 4) is 5.75 Å². The van der Waals surface area contributed by atoms with Gasteiger partial charge < -0.3 is 15.4 Å². The third-order valence-electron chi connectivity index (χ3n) is 4.39. The van der Waals surface area contributed by atoms with Gasteiger partial charge in [-0.2, -0.15) is 21.9 Å². The zero-order valence-corrected chi connectivity index (χ0v) is 16.7. The van der Waals surface area contributed by atoms with Crippen molar-refractivity contribution in [3.05, 3.63) is 29.3 Å². The molecule has 0 unspecified atom stereocenters. The monoisotopic (exact) mass is 467 g/mol. The molecule has 2 bridgehead atoms. The molecule has 2 atom stereocenters. The predicted molar refractivity (Wildman–Crippen MR) is 95.3 cm³/mol. The van der Waals surface area contributed by atoms with Gasteiger partial charge in [0.05, 0.1) is 19.0 Å². The summed E-state index contributed by atoms with van der Waals surface area (Å²) in [5, 5.41) is 0.473. The van der Waals surface area contributed by atoms with Crippen molar-refractivity contribution >= 4 is 32.7 Å². The second kappa shape index (κ2) is 7.97. The number of carbonyl (C=O) groups is 2. The van der Waals surface area contributed by atoms with Crippen LogP contribution in [0.25, 0.3) is 0 Å². The number of fused-ring (bicyclic) bond motifs is 4. The Morgan fingerprint density at radius 1 is 1.13 bits per heavy atom. The van der Waals surface area contributed by atoms with Crippen LogP contribution in [0, 0.1) is 0 Å². The Labute approximate surface area is 170 Å². The van der Waals surface area contributed by atoms with Gasteiger partial charge in [-0.1, -0.05) is 6.07 Å². The summed E-state index contributed by atoms with van der Waals surface area (Å²) in [5.41, 5.74) is 6.14. The first-order chi connectivity index (χ1) is 13.9. The third-order valence-corrected chi connectivity index (χ3v) is 5.21. The van der Waals surface area contributed by atoms with Crippen LogP contribution < -0.4 is 10.5 Å². The molecule has 166 valence electrons. The molecule has 3 rings (SSSR count). The van der Waals surface area contributed by atoms with E-state index in [1.807, 2.05) is 0 Å². The molecule has 0 radical (unpaired) electrons. The Morgan fingerprint density at radius 3 is 2.43 bits per heavy atom. The molecule has 14 nitrogen and oxygen atoms in total. The van der Waals surface area contributed by atoms with Crippen molar-refractivity contribution in [1.29, 1.82) is 0 Å². The summed E-state index contributed by atoms with van der Waals surface area (Å²) in [5.74, 6) is -0.501. The maximum Gasteiger partial charge on any atom is 0.418 e. The van der Waals surface area contributed by atoms with Crippen LogP contribution in [0.4, 0.5) is 4.79 Å². The van der Waals surface area contributed by atoms with Gasteiger partial charge in [-0.25, -0.2) is 8.98 Å². The van der Waals surface area contributed by atoms with Gasteiger partial charge in [0.2, 0.25) is 5.91 Å². The van der Waals surface area contributed by atoms with E-state index in [0.717, 1.165) is 0 Å². The Hall–Kier alpha value is -2.50. The first kappa shape index (κ1) is 22.2.